The third kappa shape index (κ3) is 1.48. The number of hydrogen-bond donors (Lipinski definition) is 0. The SMILES string of the molecule is COCC1CCCN1C=O. The lowest BCUT2D eigenvalue weighted by molar-refractivity contribution is -0.119. The minimum absolute atomic E-state index is 0.336. The van der Waals surface area contributed by atoms with E-state index in [0.29, 0.717) is 12.6 Å². The Bertz CT molecular complexity index is 116. The molecule has 0 spiro atoms. The maximum absolute atomic E-state index is 10.4. The number of methoxy groups -OCH3 is 1. The van der Waals surface area contributed by atoms with Crippen LogP contribution in [0.4, 0.5) is 0 Å². The van der Waals surface area contributed by atoms with E-state index in [2.05, 4.69) is 0 Å². The summed E-state index contributed by atoms with van der Waals surface area (Å²) in [5.74, 6) is 0. The summed E-state index contributed by atoms with van der Waals surface area (Å²) in [6, 6.07) is 0.336. The standard InChI is InChI=1S/C7H13NO2/c1-10-5-7-3-2-4-8(7)6-9/h6-7H,2-5H2,1H3. The molecule has 0 N–H and O–H groups in total. The normalized spacial score (nSPS) is 25.3. The molecule has 1 atom stereocenters. The van der Waals surface area contributed by atoms with E-state index in [4.69, 9.17) is 4.74 Å². The molecule has 58 valence electrons. The molecule has 1 unspecified atom stereocenters. The number of rotatable bonds is 3. The van der Waals surface area contributed by atoms with Crippen molar-refractivity contribution in [3.8, 4) is 0 Å². The quantitative estimate of drug-likeness (QED) is 0.530. The van der Waals surface area contributed by atoms with Gasteiger partial charge in [0, 0.05) is 13.7 Å². The van der Waals surface area contributed by atoms with Gasteiger partial charge >= 0.3 is 0 Å². The summed E-state index contributed by atoms with van der Waals surface area (Å²) < 4.78 is 4.96. The molecular weight excluding hydrogens is 130 g/mol. The fourth-order valence-corrected chi connectivity index (χ4v) is 1.37. The molecule has 0 aromatic carbocycles. The Kier molecular flexibility index (Phi) is 2.68. The molecule has 1 aliphatic rings. The van der Waals surface area contributed by atoms with Crippen LogP contribution in [0.1, 0.15) is 12.8 Å². The van der Waals surface area contributed by atoms with Gasteiger partial charge in [0.25, 0.3) is 0 Å². The van der Waals surface area contributed by atoms with Crippen LogP contribution in [-0.2, 0) is 9.53 Å². The first-order chi connectivity index (χ1) is 4.88. The van der Waals surface area contributed by atoms with Crippen LogP contribution in [0.5, 0.6) is 0 Å². The molecule has 1 heterocycles. The second-order valence-electron chi connectivity index (χ2n) is 2.59. The fourth-order valence-electron chi connectivity index (χ4n) is 1.37. The molecule has 0 aliphatic carbocycles. The van der Waals surface area contributed by atoms with Gasteiger partial charge in [0.2, 0.25) is 6.41 Å². The Hall–Kier alpha value is -0.570. The monoisotopic (exact) mass is 143 g/mol. The number of amides is 1. The molecule has 0 radical (unpaired) electrons. The largest absolute Gasteiger partial charge is 0.383 e. The van der Waals surface area contributed by atoms with Crippen LogP contribution in [-0.4, -0.2) is 37.6 Å². The minimum atomic E-state index is 0.336. The van der Waals surface area contributed by atoms with E-state index in [9.17, 15) is 4.79 Å². The number of likely N-dealkylation sites (tertiary alicyclic amines) is 1. The Morgan fingerprint density at radius 3 is 3.20 bits per heavy atom. The molecule has 3 heteroatoms. The van der Waals surface area contributed by atoms with Gasteiger partial charge in [0.15, 0.2) is 0 Å². The Balaban J connectivity index is 2.34. The van der Waals surface area contributed by atoms with Gasteiger partial charge in [0.05, 0.1) is 12.6 Å². The van der Waals surface area contributed by atoms with Crippen molar-refractivity contribution in [1.29, 1.82) is 0 Å². The number of carbonyl (C=O) groups is 1. The van der Waals surface area contributed by atoms with E-state index < -0.39 is 0 Å². The number of ether oxygens (including phenoxy) is 1. The Labute approximate surface area is 61.0 Å². The molecule has 0 saturated carbocycles. The lowest BCUT2D eigenvalue weighted by Crippen LogP contribution is -2.31. The average Bonchev–Trinajstić information content (AvgIpc) is 2.36. The molecule has 1 saturated heterocycles. The second-order valence-corrected chi connectivity index (χ2v) is 2.59. The third-order valence-electron chi connectivity index (χ3n) is 1.92. The zero-order chi connectivity index (χ0) is 7.40. The van der Waals surface area contributed by atoms with Crippen molar-refractivity contribution in [3.63, 3.8) is 0 Å². The highest BCUT2D eigenvalue weighted by atomic mass is 16.5. The van der Waals surface area contributed by atoms with Crippen molar-refractivity contribution >= 4 is 6.41 Å². The fraction of sp³-hybridized carbons (Fsp3) is 0.857. The summed E-state index contributed by atoms with van der Waals surface area (Å²) in [6.07, 6.45) is 3.12. The first-order valence-corrected chi connectivity index (χ1v) is 3.58. The van der Waals surface area contributed by atoms with Crippen molar-refractivity contribution < 1.29 is 9.53 Å². The first-order valence-electron chi connectivity index (χ1n) is 3.58. The predicted molar refractivity (Wildman–Crippen MR) is 37.7 cm³/mol. The summed E-state index contributed by atoms with van der Waals surface area (Å²) in [5, 5.41) is 0. The zero-order valence-corrected chi connectivity index (χ0v) is 6.25. The maximum atomic E-state index is 10.4. The molecule has 1 aliphatic heterocycles. The highest BCUT2D eigenvalue weighted by Crippen LogP contribution is 2.14. The van der Waals surface area contributed by atoms with Crippen LogP contribution < -0.4 is 0 Å². The average molecular weight is 143 g/mol. The van der Waals surface area contributed by atoms with Crippen LogP contribution in [0.15, 0.2) is 0 Å². The van der Waals surface area contributed by atoms with Gasteiger partial charge in [-0.15, -0.1) is 0 Å². The van der Waals surface area contributed by atoms with Gasteiger partial charge in [-0.1, -0.05) is 0 Å². The van der Waals surface area contributed by atoms with Crippen molar-refractivity contribution in [2.45, 2.75) is 18.9 Å². The minimum Gasteiger partial charge on any atom is -0.383 e. The Morgan fingerprint density at radius 2 is 2.60 bits per heavy atom. The summed E-state index contributed by atoms with van der Waals surface area (Å²) in [5.41, 5.74) is 0. The predicted octanol–water partition coefficient (Wildman–Crippen LogP) is 0.254. The van der Waals surface area contributed by atoms with Crippen LogP contribution in [0.2, 0.25) is 0 Å². The molecule has 1 rings (SSSR count). The topological polar surface area (TPSA) is 29.5 Å². The molecule has 3 nitrogen and oxygen atoms in total. The van der Waals surface area contributed by atoms with Crippen molar-refractivity contribution in [1.82, 2.24) is 4.90 Å². The molecule has 0 bridgehead atoms. The summed E-state index contributed by atoms with van der Waals surface area (Å²) in [7, 11) is 1.67. The molecule has 0 aromatic rings. The van der Waals surface area contributed by atoms with Gasteiger partial charge in [0.1, 0.15) is 0 Å². The summed E-state index contributed by atoms with van der Waals surface area (Å²) >= 11 is 0. The van der Waals surface area contributed by atoms with E-state index in [0.717, 1.165) is 25.8 Å². The molecule has 10 heavy (non-hydrogen) atoms. The van der Waals surface area contributed by atoms with Gasteiger partial charge < -0.3 is 9.64 Å². The number of nitrogens with zero attached hydrogens (tertiary/aromatic N) is 1. The van der Waals surface area contributed by atoms with E-state index >= 15 is 0 Å². The summed E-state index contributed by atoms with van der Waals surface area (Å²) in [4.78, 5) is 12.2. The van der Waals surface area contributed by atoms with E-state index in [1.54, 1.807) is 7.11 Å². The summed E-state index contributed by atoms with van der Waals surface area (Å²) in [6.45, 7) is 1.58. The highest BCUT2D eigenvalue weighted by Gasteiger charge is 2.21. The third-order valence-corrected chi connectivity index (χ3v) is 1.92. The molecular formula is C7H13NO2. The van der Waals surface area contributed by atoms with Gasteiger partial charge in [-0.25, -0.2) is 0 Å². The highest BCUT2D eigenvalue weighted by molar-refractivity contribution is 5.48. The van der Waals surface area contributed by atoms with Crippen LogP contribution >= 0.6 is 0 Å². The molecule has 1 fully saturated rings. The molecule has 0 aromatic heterocycles. The van der Waals surface area contributed by atoms with Gasteiger partial charge in [-0.2, -0.15) is 0 Å². The van der Waals surface area contributed by atoms with E-state index in [-0.39, 0.29) is 0 Å². The van der Waals surface area contributed by atoms with Crippen molar-refractivity contribution in [3.05, 3.63) is 0 Å². The van der Waals surface area contributed by atoms with Gasteiger partial charge in [-0.05, 0) is 12.8 Å². The zero-order valence-electron chi connectivity index (χ0n) is 6.25. The van der Waals surface area contributed by atoms with Crippen LogP contribution in [0.25, 0.3) is 0 Å². The smallest absolute Gasteiger partial charge is 0.210 e. The second kappa shape index (κ2) is 3.56. The lowest BCUT2D eigenvalue weighted by Gasteiger charge is -2.18. The van der Waals surface area contributed by atoms with Crippen molar-refractivity contribution in [2.75, 3.05) is 20.3 Å². The maximum Gasteiger partial charge on any atom is 0.210 e. The lowest BCUT2D eigenvalue weighted by atomic mass is 10.2. The van der Waals surface area contributed by atoms with Crippen molar-refractivity contribution in [2.24, 2.45) is 0 Å². The molecule has 1 amide bonds. The van der Waals surface area contributed by atoms with E-state index in [1.165, 1.54) is 0 Å². The number of hydrogen-bond acceptors (Lipinski definition) is 2. The van der Waals surface area contributed by atoms with Gasteiger partial charge in [-0.3, -0.25) is 4.79 Å². The Morgan fingerprint density at radius 1 is 1.80 bits per heavy atom. The van der Waals surface area contributed by atoms with E-state index in [1.807, 2.05) is 4.90 Å². The first kappa shape index (κ1) is 7.54. The van der Waals surface area contributed by atoms with Crippen LogP contribution in [0, 0.1) is 0 Å². The number of carbonyl (C=O) groups excluding carboxylic acids is 1. The van der Waals surface area contributed by atoms with Crippen LogP contribution in [0.3, 0.4) is 0 Å².